The highest BCUT2D eigenvalue weighted by Crippen LogP contribution is 2.27. The first-order chi connectivity index (χ1) is 7.66. The van der Waals surface area contributed by atoms with Crippen LogP contribution in [-0.2, 0) is 9.84 Å². The molecule has 0 saturated carbocycles. The average molecular weight is 262 g/mol. The monoisotopic (exact) mass is 262 g/mol. The molecule has 0 spiro atoms. The zero-order valence-corrected chi connectivity index (χ0v) is 9.15. The van der Waals surface area contributed by atoms with Crippen molar-refractivity contribution in [1.82, 2.24) is 0 Å². The van der Waals surface area contributed by atoms with E-state index in [0.29, 0.717) is 18.4 Å². The highest BCUT2D eigenvalue weighted by molar-refractivity contribution is 7.90. The molecule has 0 unspecified atom stereocenters. The van der Waals surface area contributed by atoms with Gasteiger partial charge in [0.2, 0.25) is 5.82 Å². The molecule has 0 aromatic heterocycles. The van der Waals surface area contributed by atoms with Gasteiger partial charge in [0.1, 0.15) is 4.90 Å². The largest absolute Gasteiger partial charge is 0.545 e. The number of sulfone groups is 1. The minimum absolute atomic E-state index is 0.618. The number of nitro benzene ring substituents is 1. The van der Waals surface area contributed by atoms with Crippen molar-refractivity contribution in [3.8, 4) is 0 Å². The molecule has 17 heavy (non-hydrogen) atoms. The second-order valence-electron chi connectivity index (χ2n) is 3.09. The van der Waals surface area contributed by atoms with Crippen LogP contribution in [0.3, 0.4) is 0 Å². The zero-order chi connectivity index (χ0) is 13.4. The zero-order valence-electron chi connectivity index (χ0n) is 8.34. The Labute approximate surface area is 94.6 Å². The van der Waals surface area contributed by atoms with Crippen LogP contribution in [0.4, 0.5) is 10.1 Å². The number of carbonyl (C=O) groups is 1. The maximum atomic E-state index is 13.5. The summed E-state index contributed by atoms with van der Waals surface area (Å²) < 4.78 is 35.7. The molecular formula is C8H5FNO6S-. The molecule has 0 bridgehead atoms. The summed E-state index contributed by atoms with van der Waals surface area (Å²) in [6, 6.07) is 1.26. The first-order valence-electron chi connectivity index (χ1n) is 4.04. The Hall–Kier alpha value is -2.03. The summed E-state index contributed by atoms with van der Waals surface area (Å²) >= 11 is 0. The molecule has 0 heterocycles. The molecule has 0 atom stereocenters. The molecule has 0 N–H and O–H groups in total. The van der Waals surface area contributed by atoms with Crippen molar-refractivity contribution in [3.63, 3.8) is 0 Å². The van der Waals surface area contributed by atoms with Gasteiger partial charge in [-0.05, 0) is 12.1 Å². The van der Waals surface area contributed by atoms with Gasteiger partial charge < -0.3 is 9.90 Å². The molecule has 1 rings (SSSR count). The molecular weight excluding hydrogens is 257 g/mol. The topological polar surface area (TPSA) is 117 Å². The highest BCUT2D eigenvalue weighted by atomic mass is 32.2. The van der Waals surface area contributed by atoms with Crippen molar-refractivity contribution in [2.24, 2.45) is 0 Å². The summed E-state index contributed by atoms with van der Waals surface area (Å²) in [5.41, 5.74) is -2.44. The summed E-state index contributed by atoms with van der Waals surface area (Å²) in [5, 5.41) is 21.0. The van der Waals surface area contributed by atoms with Gasteiger partial charge in [0.15, 0.2) is 9.84 Å². The fourth-order valence-corrected chi connectivity index (χ4v) is 1.91. The van der Waals surface area contributed by atoms with E-state index in [1.54, 1.807) is 0 Å². The Morgan fingerprint density at radius 3 is 2.29 bits per heavy atom. The fraction of sp³-hybridized carbons (Fsp3) is 0.125. The molecule has 0 amide bonds. The third kappa shape index (κ3) is 2.38. The van der Waals surface area contributed by atoms with Crippen molar-refractivity contribution in [1.29, 1.82) is 0 Å². The third-order valence-electron chi connectivity index (χ3n) is 1.88. The van der Waals surface area contributed by atoms with Crippen molar-refractivity contribution < 1.29 is 27.6 Å². The number of benzene rings is 1. The molecule has 1 aromatic carbocycles. The van der Waals surface area contributed by atoms with E-state index in [1.807, 2.05) is 0 Å². The van der Waals surface area contributed by atoms with Gasteiger partial charge >= 0.3 is 5.69 Å². The first kappa shape index (κ1) is 13.0. The normalized spacial score (nSPS) is 11.2. The predicted molar refractivity (Wildman–Crippen MR) is 50.5 cm³/mol. The maximum absolute atomic E-state index is 13.5. The minimum Gasteiger partial charge on any atom is -0.545 e. The molecule has 92 valence electrons. The number of carbonyl (C=O) groups excluding carboxylic acids is 1. The number of nitrogens with zero attached hydrogens (tertiary/aromatic N) is 1. The third-order valence-corrected chi connectivity index (χ3v) is 3.00. The Balaban J connectivity index is 3.73. The second-order valence-corrected chi connectivity index (χ2v) is 5.07. The molecule has 9 heteroatoms. The predicted octanol–water partition coefficient (Wildman–Crippen LogP) is -0.499. The first-order valence-corrected chi connectivity index (χ1v) is 5.93. The van der Waals surface area contributed by atoms with Crippen LogP contribution in [0.2, 0.25) is 0 Å². The number of rotatable bonds is 3. The van der Waals surface area contributed by atoms with E-state index in [1.165, 1.54) is 0 Å². The minimum atomic E-state index is -4.02. The Morgan fingerprint density at radius 2 is 1.94 bits per heavy atom. The molecule has 0 aliphatic rings. The van der Waals surface area contributed by atoms with Crippen molar-refractivity contribution >= 4 is 21.5 Å². The second kappa shape index (κ2) is 4.09. The van der Waals surface area contributed by atoms with Gasteiger partial charge in [0.05, 0.1) is 16.5 Å². The number of aromatic carboxylic acids is 1. The summed E-state index contributed by atoms with van der Waals surface area (Å²) in [5.74, 6) is -3.67. The molecule has 0 aliphatic heterocycles. The van der Waals surface area contributed by atoms with Crippen LogP contribution < -0.4 is 5.11 Å². The Morgan fingerprint density at radius 1 is 1.41 bits per heavy atom. The van der Waals surface area contributed by atoms with Gasteiger partial charge in [-0.1, -0.05) is 0 Å². The van der Waals surface area contributed by atoms with Gasteiger partial charge in [-0.2, -0.15) is 4.39 Å². The van der Waals surface area contributed by atoms with E-state index in [9.17, 15) is 32.8 Å². The Kier molecular flexibility index (Phi) is 3.14. The fourth-order valence-electron chi connectivity index (χ4n) is 1.18. The average Bonchev–Trinajstić information content (AvgIpc) is 2.13. The van der Waals surface area contributed by atoms with Gasteiger partial charge in [-0.15, -0.1) is 0 Å². The van der Waals surface area contributed by atoms with Crippen LogP contribution in [0.25, 0.3) is 0 Å². The van der Waals surface area contributed by atoms with Crippen LogP contribution >= 0.6 is 0 Å². The Bertz CT molecular complexity index is 609. The SMILES string of the molecule is CS(=O)(=O)c1ccc(C(=O)[O-])c([N+](=O)[O-])c1F. The number of hydrogen-bond acceptors (Lipinski definition) is 6. The van der Waals surface area contributed by atoms with Crippen LogP contribution in [-0.4, -0.2) is 25.6 Å². The van der Waals surface area contributed by atoms with Gasteiger partial charge in [-0.3, -0.25) is 10.1 Å². The van der Waals surface area contributed by atoms with Crippen LogP contribution in [0.15, 0.2) is 17.0 Å². The van der Waals surface area contributed by atoms with E-state index in [2.05, 4.69) is 0 Å². The highest BCUT2D eigenvalue weighted by Gasteiger charge is 2.27. The number of carboxylic acid groups (broad SMARTS) is 1. The number of nitro groups is 1. The number of carboxylic acids is 1. The van der Waals surface area contributed by atoms with E-state index >= 15 is 0 Å². The van der Waals surface area contributed by atoms with Gasteiger partial charge in [0, 0.05) is 6.26 Å². The smallest absolute Gasteiger partial charge is 0.315 e. The summed E-state index contributed by atoms with van der Waals surface area (Å²) in [7, 11) is -4.02. The molecule has 0 aliphatic carbocycles. The lowest BCUT2D eigenvalue weighted by atomic mass is 10.2. The lowest BCUT2D eigenvalue weighted by Crippen LogP contribution is -2.24. The molecule has 0 fully saturated rings. The number of halogens is 1. The molecule has 0 radical (unpaired) electrons. The van der Waals surface area contributed by atoms with E-state index in [0.717, 1.165) is 0 Å². The van der Waals surface area contributed by atoms with Crippen LogP contribution in [0, 0.1) is 15.9 Å². The van der Waals surface area contributed by atoms with E-state index < -0.39 is 42.7 Å². The van der Waals surface area contributed by atoms with Crippen LogP contribution in [0.5, 0.6) is 0 Å². The standard InChI is InChI=1S/C8H6FNO6S/c1-17(15,16)5-3-2-4(8(11)12)7(6(5)9)10(13)14/h2-3H,1H3,(H,11,12)/p-1. The lowest BCUT2D eigenvalue weighted by Gasteiger charge is -2.07. The maximum Gasteiger partial charge on any atom is 0.315 e. The van der Waals surface area contributed by atoms with Crippen LogP contribution in [0.1, 0.15) is 10.4 Å². The molecule has 7 nitrogen and oxygen atoms in total. The van der Waals surface area contributed by atoms with Crippen molar-refractivity contribution in [2.75, 3.05) is 6.26 Å². The molecule has 0 saturated heterocycles. The summed E-state index contributed by atoms with van der Waals surface area (Å²) in [6.07, 6.45) is 0.647. The quantitative estimate of drug-likeness (QED) is 0.535. The van der Waals surface area contributed by atoms with Crippen molar-refractivity contribution in [3.05, 3.63) is 33.6 Å². The number of hydrogen-bond donors (Lipinski definition) is 0. The van der Waals surface area contributed by atoms with Gasteiger partial charge in [-0.25, -0.2) is 8.42 Å². The van der Waals surface area contributed by atoms with Gasteiger partial charge in [0.25, 0.3) is 0 Å². The van der Waals surface area contributed by atoms with E-state index in [4.69, 9.17) is 0 Å². The lowest BCUT2D eigenvalue weighted by molar-refractivity contribution is -0.388. The summed E-state index contributed by atoms with van der Waals surface area (Å²) in [4.78, 5) is 18.8. The van der Waals surface area contributed by atoms with E-state index in [-0.39, 0.29) is 0 Å². The summed E-state index contributed by atoms with van der Waals surface area (Å²) in [6.45, 7) is 0. The van der Waals surface area contributed by atoms with Crippen molar-refractivity contribution in [2.45, 2.75) is 4.90 Å². The molecule has 1 aromatic rings.